The minimum Gasteiger partial charge on any atom is -0.360 e. The molecule has 7 nitrogen and oxygen atoms in total. The molecular weight excluding hydrogens is 337 g/mol. The van der Waals surface area contributed by atoms with Crippen LogP contribution in [0.25, 0.3) is 0 Å². The molecule has 9 heteroatoms. The molecule has 0 aliphatic heterocycles. The molecule has 0 aliphatic carbocycles. The van der Waals surface area contributed by atoms with Crippen molar-refractivity contribution in [3.8, 4) is 0 Å². The SMILES string of the molecule is Cc1noc(C)c1S(=O)(=O)N(C)CC(=O)NCc1ccc(F)cc1. The lowest BCUT2D eigenvalue weighted by Gasteiger charge is -2.16. The van der Waals surface area contributed by atoms with Crippen molar-refractivity contribution in [3.63, 3.8) is 0 Å². The Balaban J connectivity index is 1.99. The number of nitrogens with zero attached hydrogens (tertiary/aromatic N) is 2. The van der Waals surface area contributed by atoms with Crippen LogP contribution >= 0.6 is 0 Å². The van der Waals surface area contributed by atoms with E-state index in [1.54, 1.807) is 12.1 Å². The van der Waals surface area contributed by atoms with Gasteiger partial charge in [0.25, 0.3) is 0 Å². The van der Waals surface area contributed by atoms with E-state index in [2.05, 4.69) is 10.5 Å². The van der Waals surface area contributed by atoms with E-state index >= 15 is 0 Å². The van der Waals surface area contributed by atoms with Gasteiger partial charge in [-0.25, -0.2) is 12.8 Å². The van der Waals surface area contributed by atoms with Crippen molar-refractivity contribution in [2.45, 2.75) is 25.3 Å². The van der Waals surface area contributed by atoms with Crippen molar-refractivity contribution in [2.75, 3.05) is 13.6 Å². The molecule has 2 rings (SSSR count). The van der Waals surface area contributed by atoms with Crippen molar-refractivity contribution >= 4 is 15.9 Å². The molecule has 1 heterocycles. The molecule has 0 radical (unpaired) electrons. The first-order chi connectivity index (χ1) is 11.2. The first-order valence-corrected chi connectivity index (χ1v) is 8.56. The molecule has 24 heavy (non-hydrogen) atoms. The van der Waals surface area contributed by atoms with Gasteiger partial charge in [0.15, 0.2) is 5.76 Å². The van der Waals surface area contributed by atoms with E-state index in [9.17, 15) is 17.6 Å². The van der Waals surface area contributed by atoms with Gasteiger partial charge in [0.05, 0.1) is 6.54 Å². The number of hydrogen-bond donors (Lipinski definition) is 1. The first-order valence-electron chi connectivity index (χ1n) is 7.12. The van der Waals surface area contributed by atoms with E-state index in [0.29, 0.717) is 5.56 Å². The fourth-order valence-electron chi connectivity index (χ4n) is 2.14. The van der Waals surface area contributed by atoms with Crippen LogP contribution in [0.1, 0.15) is 17.0 Å². The summed E-state index contributed by atoms with van der Waals surface area (Å²) in [7, 11) is -2.57. The highest BCUT2D eigenvalue weighted by atomic mass is 32.2. The van der Waals surface area contributed by atoms with Crippen molar-refractivity contribution < 1.29 is 22.1 Å². The predicted octanol–water partition coefficient (Wildman–Crippen LogP) is 1.37. The number of carbonyl (C=O) groups excluding carboxylic acids is 1. The van der Waals surface area contributed by atoms with Crippen LogP contribution in [0.2, 0.25) is 0 Å². The topological polar surface area (TPSA) is 92.5 Å². The van der Waals surface area contributed by atoms with Crippen molar-refractivity contribution in [2.24, 2.45) is 0 Å². The smallest absolute Gasteiger partial charge is 0.248 e. The van der Waals surface area contributed by atoms with Gasteiger partial charge in [-0.15, -0.1) is 0 Å². The quantitative estimate of drug-likeness (QED) is 0.845. The zero-order chi connectivity index (χ0) is 17.9. The summed E-state index contributed by atoms with van der Waals surface area (Å²) in [6.45, 7) is 2.84. The molecule has 0 saturated heterocycles. The molecule has 130 valence electrons. The molecule has 0 fully saturated rings. The molecular formula is C15H18FN3O4S. The third-order valence-electron chi connectivity index (χ3n) is 3.41. The highest BCUT2D eigenvalue weighted by Crippen LogP contribution is 2.22. The maximum absolute atomic E-state index is 12.8. The number of aryl methyl sites for hydroxylation is 2. The van der Waals surface area contributed by atoms with Crippen LogP contribution in [0.15, 0.2) is 33.7 Å². The third kappa shape index (κ3) is 3.98. The van der Waals surface area contributed by atoms with Gasteiger partial charge in [0.2, 0.25) is 15.9 Å². The number of rotatable bonds is 6. The van der Waals surface area contributed by atoms with Crippen LogP contribution < -0.4 is 5.32 Å². The molecule has 0 bridgehead atoms. The molecule has 0 atom stereocenters. The minimum absolute atomic E-state index is 0.0312. The molecule has 1 N–H and O–H groups in total. The second-order valence-corrected chi connectivity index (χ2v) is 7.30. The van der Waals surface area contributed by atoms with Gasteiger partial charge >= 0.3 is 0 Å². The molecule has 1 amide bonds. The number of likely N-dealkylation sites (N-methyl/N-ethyl adjacent to an activating group) is 1. The first kappa shape index (κ1) is 18.1. The molecule has 0 unspecified atom stereocenters. The minimum atomic E-state index is -3.87. The Hall–Kier alpha value is -2.26. The number of aromatic nitrogens is 1. The lowest BCUT2D eigenvalue weighted by molar-refractivity contribution is -0.121. The highest BCUT2D eigenvalue weighted by molar-refractivity contribution is 7.89. The molecule has 2 aromatic rings. The van der Waals surface area contributed by atoms with Crippen LogP contribution in [-0.4, -0.2) is 37.4 Å². The summed E-state index contributed by atoms with van der Waals surface area (Å²) in [5.74, 6) is -0.668. The fourth-order valence-corrected chi connectivity index (χ4v) is 3.55. The number of halogens is 1. The van der Waals surface area contributed by atoms with E-state index in [1.165, 1.54) is 33.0 Å². The number of nitrogens with one attached hydrogen (secondary N) is 1. The Morgan fingerprint density at radius 3 is 2.46 bits per heavy atom. The molecule has 1 aromatic heterocycles. The van der Waals surface area contributed by atoms with Gasteiger partial charge in [-0.2, -0.15) is 4.31 Å². The van der Waals surface area contributed by atoms with E-state index in [4.69, 9.17) is 4.52 Å². The van der Waals surface area contributed by atoms with Gasteiger partial charge < -0.3 is 9.84 Å². The number of amides is 1. The number of benzene rings is 1. The summed E-state index contributed by atoms with van der Waals surface area (Å²) in [6, 6.07) is 5.66. The normalized spacial score (nSPS) is 11.7. The lowest BCUT2D eigenvalue weighted by Crippen LogP contribution is -2.38. The largest absolute Gasteiger partial charge is 0.360 e. The summed E-state index contributed by atoms with van der Waals surface area (Å²) in [5.41, 5.74) is 0.951. The van der Waals surface area contributed by atoms with Crippen molar-refractivity contribution in [1.29, 1.82) is 0 Å². The predicted molar refractivity (Wildman–Crippen MR) is 84.0 cm³/mol. The fraction of sp³-hybridized carbons (Fsp3) is 0.333. The summed E-state index contributed by atoms with van der Waals surface area (Å²) in [4.78, 5) is 11.9. The Kier molecular flexibility index (Phi) is 5.35. The summed E-state index contributed by atoms with van der Waals surface area (Å²) >= 11 is 0. The van der Waals surface area contributed by atoms with E-state index in [-0.39, 0.29) is 35.3 Å². The van der Waals surface area contributed by atoms with E-state index in [1.807, 2.05) is 0 Å². The summed E-state index contributed by atoms with van der Waals surface area (Å²) < 4.78 is 43.6. The second kappa shape index (κ2) is 7.10. The average Bonchev–Trinajstić information content (AvgIpc) is 2.86. The zero-order valence-corrected chi connectivity index (χ0v) is 14.4. The highest BCUT2D eigenvalue weighted by Gasteiger charge is 2.29. The Labute approximate surface area is 139 Å². The van der Waals surface area contributed by atoms with Gasteiger partial charge in [0, 0.05) is 13.6 Å². The number of carbonyl (C=O) groups is 1. The van der Waals surface area contributed by atoms with Gasteiger partial charge in [-0.3, -0.25) is 4.79 Å². The maximum atomic E-state index is 12.8. The lowest BCUT2D eigenvalue weighted by atomic mass is 10.2. The Morgan fingerprint density at radius 2 is 1.92 bits per heavy atom. The molecule has 0 saturated carbocycles. The third-order valence-corrected chi connectivity index (χ3v) is 5.45. The molecule has 0 aliphatic rings. The Bertz CT molecular complexity index is 811. The summed E-state index contributed by atoms with van der Waals surface area (Å²) in [5, 5.41) is 6.20. The standard InChI is InChI=1S/C15H18FN3O4S/c1-10-15(11(2)23-18-10)24(21,22)19(3)9-14(20)17-8-12-4-6-13(16)7-5-12/h4-7H,8-9H2,1-3H3,(H,17,20). The van der Waals surface area contributed by atoms with Crippen LogP contribution in [-0.2, 0) is 21.4 Å². The van der Waals surface area contributed by atoms with Crippen LogP contribution in [0.5, 0.6) is 0 Å². The van der Waals surface area contributed by atoms with Gasteiger partial charge in [-0.05, 0) is 31.5 Å². The van der Waals surface area contributed by atoms with E-state index < -0.39 is 15.9 Å². The maximum Gasteiger partial charge on any atom is 0.248 e. The van der Waals surface area contributed by atoms with Crippen LogP contribution in [0.4, 0.5) is 4.39 Å². The number of hydrogen-bond acceptors (Lipinski definition) is 5. The Morgan fingerprint density at radius 1 is 1.29 bits per heavy atom. The second-order valence-electron chi connectivity index (χ2n) is 5.32. The van der Waals surface area contributed by atoms with Gasteiger partial charge in [0.1, 0.15) is 16.4 Å². The summed E-state index contributed by atoms with van der Waals surface area (Å²) in [6.07, 6.45) is 0. The number of sulfonamides is 1. The molecule has 0 spiro atoms. The average molecular weight is 355 g/mol. The van der Waals surface area contributed by atoms with Crippen LogP contribution in [0.3, 0.4) is 0 Å². The van der Waals surface area contributed by atoms with Crippen molar-refractivity contribution in [3.05, 3.63) is 47.1 Å². The molecule has 1 aromatic carbocycles. The monoisotopic (exact) mass is 355 g/mol. The van der Waals surface area contributed by atoms with Crippen molar-refractivity contribution in [1.82, 2.24) is 14.8 Å². The zero-order valence-electron chi connectivity index (χ0n) is 13.5. The van der Waals surface area contributed by atoms with Crippen LogP contribution in [0, 0.1) is 19.7 Å². The van der Waals surface area contributed by atoms with Gasteiger partial charge in [-0.1, -0.05) is 17.3 Å². The van der Waals surface area contributed by atoms with E-state index in [0.717, 1.165) is 4.31 Å².